The van der Waals surface area contributed by atoms with Crippen LogP contribution in [0.4, 0.5) is 0 Å². The Morgan fingerprint density at radius 2 is 1.65 bits per heavy atom. The Labute approximate surface area is 105 Å². The highest BCUT2D eigenvalue weighted by atomic mass is 28.3. The SMILES string of the molecule is CC(=O)O[C@@H]([C@@H](O)[C@@H](C)O)[Si](C)(C)C(C)(C)C. The van der Waals surface area contributed by atoms with Crippen LogP contribution in [0.2, 0.25) is 18.1 Å². The van der Waals surface area contributed by atoms with Crippen LogP contribution in [0.5, 0.6) is 0 Å². The standard InChI is InChI=1S/C12H26O4Si/c1-8(13)10(15)11(16-9(2)14)17(6,7)12(3,4)5/h8,10-11,13,15H,1-7H3/t8-,10+,11-/m1/s1. The monoisotopic (exact) mass is 262 g/mol. The summed E-state index contributed by atoms with van der Waals surface area (Å²) in [5.74, 6) is -0.417. The molecule has 0 aromatic heterocycles. The number of rotatable bonds is 4. The lowest BCUT2D eigenvalue weighted by Crippen LogP contribution is -2.59. The Hall–Kier alpha value is -0.393. The lowest BCUT2D eigenvalue weighted by atomic mass is 10.2. The topological polar surface area (TPSA) is 66.8 Å². The van der Waals surface area contributed by atoms with Crippen LogP contribution in [0.15, 0.2) is 0 Å². The van der Waals surface area contributed by atoms with Crippen LogP contribution in [0.1, 0.15) is 34.6 Å². The number of carbonyl (C=O) groups excluding carboxylic acids is 1. The number of hydrogen-bond donors (Lipinski definition) is 2. The molecule has 0 amide bonds. The van der Waals surface area contributed by atoms with Gasteiger partial charge in [-0.1, -0.05) is 33.9 Å². The van der Waals surface area contributed by atoms with Crippen molar-refractivity contribution < 1.29 is 19.7 Å². The van der Waals surface area contributed by atoms with Gasteiger partial charge in [-0.25, -0.2) is 0 Å². The minimum Gasteiger partial charge on any atom is -0.464 e. The maximum atomic E-state index is 11.2. The predicted molar refractivity (Wildman–Crippen MR) is 70.4 cm³/mol. The van der Waals surface area contributed by atoms with E-state index in [1.807, 2.05) is 0 Å². The molecule has 2 N–H and O–H groups in total. The molecule has 0 aliphatic rings. The van der Waals surface area contributed by atoms with Crippen molar-refractivity contribution >= 4 is 14.0 Å². The lowest BCUT2D eigenvalue weighted by molar-refractivity contribution is -0.150. The molecular weight excluding hydrogens is 236 g/mol. The summed E-state index contributed by atoms with van der Waals surface area (Å²) < 4.78 is 5.28. The van der Waals surface area contributed by atoms with Crippen molar-refractivity contribution in [1.82, 2.24) is 0 Å². The normalized spacial score (nSPS) is 18.4. The van der Waals surface area contributed by atoms with Gasteiger partial charge >= 0.3 is 5.97 Å². The number of hydrogen-bond acceptors (Lipinski definition) is 4. The summed E-state index contributed by atoms with van der Waals surface area (Å²) in [6.07, 6.45) is -1.94. The van der Waals surface area contributed by atoms with E-state index in [0.717, 1.165) is 0 Å². The van der Waals surface area contributed by atoms with Gasteiger partial charge in [0.2, 0.25) is 0 Å². The number of carbonyl (C=O) groups is 1. The lowest BCUT2D eigenvalue weighted by Gasteiger charge is -2.44. The molecule has 5 heteroatoms. The van der Waals surface area contributed by atoms with Crippen LogP contribution in [0.3, 0.4) is 0 Å². The zero-order valence-electron chi connectivity index (χ0n) is 11.9. The molecule has 0 saturated carbocycles. The van der Waals surface area contributed by atoms with E-state index in [0.29, 0.717) is 0 Å². The van der Waals surface area contributed by atoms with Gasteiger partial charge in [0.25, 0.3) is 0 Å². The van der Waals surface area contributed by atoms with E-state index in [1.54, 1.807) is 0 Å². The minimum absolute atomic E-state index is 0.0387. The van der Waals surface area contributed by atoms with Gasteiger partial charge in [0.15, 0.2) is 0 Å². The Morgan fingerprint density at radius 3 is 1.88 bits per heavy atom. The van der Waals surface area contributed by atoms with E-state index < -0.39 is 32.0 Å². The van der Waals surface area contributed by atoms with Crippen molar-refractivity contribution in [3.8, 4) is 0 Å². The molecule has 0 heterocycles. The third-order valence-electron chi connectivity index (χ3n) is 3.74. The third kappa shape index (κ3) is 4.08. The van der Waals surface area contributed by atoms with Crippen LogP contribution < -0.4 is 0 Å². The summed E-state index contributed by atoms with van der Waals surface area (Å²) in [7, 11) is -2.08. The largest absolute Gasteiger partial charge is 0.464 e. The van der Waals surface area contributed by atoms with Gasteiger partial charge in [0.05, 0.1) is 6.10 Å². The van der Waals surface area contributed by atoms with Crippen molar-refractivity contribution in [3.63, 3.8) is 0 Å². The molecule has 0 rings (SSSR count). The number of esters is 1. The van der Waals surface area contributed by atoms with E-state index in [1.165, 1.54) is 13.8 Å². The molecule has 3 atom stereocenters. The average molecular weight is 262 g/mol. The van der Waals surface area contributed by atoms with E-state index in [4.69, 9.17) is 4.74 Å². The molecular formula is C12H26O4Si. The molecule has 0 fully saturated rings. The number of aliphatic hydroxyl groups excluding tert-OH is 2. The van der Waals surface area contributed by atoms with Crippen LogP contribution in [0, 0.1) is 0 Å². The Balaban J connectivity index is 5.24. The van der Waals surface area contributed by atoms with Crippen molar-refractivity contribution in [3.05, 3.63) is 0 Å². The first-order valence-corrected chi connectivity index (χ1v) is 9.02. The molecule has 4 nitrogen and oxygen atoms in total. The second kappa shape index (κ2) is 5.50. The average Bonchev–Trinajstić information content (AvgIpc) is 2.10. The molecule has 0 spiro atoms. The quantitative estimate of drug-likeness (QED) is 0.598. The van der Waals surface area contributed by atoms with Gasteiger partial charge in [0, 0.05) is 6.92 Å². The smallest absolute Gasteiger partial charge is 0.302 e. The summed E-state index contributed by atoms with van der Waals surface area (Å²) >= 11 is 0. The molecule has 0 saturated heterocycles. The molecule has 17 heavy (non-hydrogen) atoms. The van der Waals surface area contributed by atoms with Crippen LogP contribution in [0.25, 0.3) is 0 Å². The zero-order valence-corrected chi connectivity index (χ0v) is 12.9. The van der Waals surface area contributed by atoms with Gasteiger partial charge in [-0.3, -0.25) is 4.79 Å². The number of aliphatic hydroxyl groups is 2. The molecule has 0 aliphatic carbocycles. The first-order valence-electron chi connectivity index (χ1n) is 5.94. The van der Waals surface area contributed by atoms with E-state index >= 15 is 0 Å². The summed E-state index contributed by atoms with van der Waals surface area (Å²) in [4.78, 5) is 11.2. The maximum Gasteiger partial charge on any atom is 0.302 e. The van der Waals surface area contributed by atoms with Gasteiger partial charge in [-0.2, -0.15) is 0 Å². The fourth-order valence-electron chi connectivity index (χ4n) is 1.50. The third-order valence-corrected chi connectivity index (χ3v) is 9.49. The van der Waals surface area contributed by atoms with Crippen LogP contribution in [-0.4, -0.2) is 42.2 Å². The van der Waals surface area contributed by atoms with Gasteiger partial charge in [-0.05, 0) is 12.0 Å². The Bertz CT molecular complexity index is 268. The van der Waals surface area contributed by atoms with Crippen molar-refractivity contribution in [2.45, 2.75) is 70.7 Å². The minimum atomic E-state index is -2.08. The summed E-state index contributed by atoms with van der Waals surface area (Å²) in [6, 6.07) is 0. The molecule has 0 aromatic rings. The second-order valence-corrected chi connectivity index (χ2v) is 11.7. The molecule has 0 bridgehead atoms. The van der Waals surface area contributed by atoms with Crippen LogP contribution in [-0.2, 0) is 9.53 Å². The highest BCUT2D eigenvalue weighted by Crippen LogP contribution is 2.40. The first-order chi connectivity index (χ1) is 7.41. The molecule has 0 aromatic carbocycles. The van der Waals surface area contributed by atoms with Gasteiger partial charge in [0.1, 0.15) is 19.9 Å². The first kappa shape index (κ1) is 16.6. The maximum absolute atomic E-state index is 11.2. The van der Waals surface area contributed by atoms with E-state index in [9.17, 15) is 15.0 Å². The highest BCUT2D eigenvalue weighted by Gasteiger charge is 2.48. The molecule has 0 aliphatic heterocycles. The van der Waals surface area contributed by atoms with E-state index in [-0.39, 0.29) is 5.04 Å². The van der Waals surface area contributed by atoms with Gasteiger partial charge in [-0.15, -0.1) is 0 Å². The zero-order chi connectivity index (χ0) is 14.0. The highest BCUT2D eigenvalue weighted by molar-refractivity contribution is 6.81. The van der Waals surface area contributed by atoms with Crippen LogP contribution >= 0.6 is 0 Å². The van der Waals surface area contributed by atoms with E-state index in [2.05, 4.69) is 33.9 Å². The molecule has 102 valence electrons. The predicted octanol–water partition coefficient (Wildman–Crippen LogP) is 1.71. The van der Waals surface area contributed by atoms with Crippen molar-refractivity contribution in [2.75, 3.05) is 0 Å². The summed E-state index contributed by atoms with van der Waals surface area (Å²) in [5.41, 5.74) is -0.597. The Kier molecular flexibility index (Phi) is 5.37. The van der Waals surface area contributed by atoms with Crippen molar-refractivity contribution in [2.24, 2.45) is 0 Å². The fourth-order valence-corrected chi connectivity index (χ4v) is 3.95. The fraction of sp³-hybridized carbons (Fsp3) is 0.917. The summed E-state index contributed by atoms with van der Waals surface area (Å²) in [6.45, 7) is 13.2. The molecule has 0 unspecified atom stereocenters. The molecule has 0 radical (unpaired) electrons. The van der Waals surface area contributed by atoms with Gasteiger partial charge < -0.3 is 14.9 Å². The Morgan fingerprint density at radius 1 is 1.24 bits per heavy atom. The summed E-state index contributed by atoms with van der Waals surface area (Å²) in [5, 5.41) is 19.5. The second-order valence-electron chi connectivity index (χ2n) is 6.23. The van der Waals surface area contributed by atoms with Crippen molar-refractivity contribution in [1.29, 1.82) is 0 Å². The number of ether oxygens (including phenoxy) is 1.